The van der Waals surface area contributed by atoms with Crippen molar-refractivity contribution in [2.75, 3.05) is 6.54 Å². The van der Waals surface area contributed by atoms with Crippen LogP contribution in [-0.4, -0.2) is 18.2 Å². The van der Waals surface area contributed by atoms with Crippen LogP contribution in [0.5, 0.6) is 0 Å². The van der Waals surface area contributed by atoms with Crippen LogP contribution >= 0.6 is 0 Å². The second-order valence-corrected chi connectivity index (χ2v) is 4.41. The summed E-state index contributed by atoms with van der Waals surface area (Å²) in [6.07, 6.45) is 3.46. The predicted molar refractivity (Wildman–Crippen MR) is 77.1 cm³/mol. The number of hydrogen-bond acceptors (Lipinski definition) is 3. The number of aryl methyl sites for hydroxylation is 1. The normalized spacial score (nSPS) is 11.2. The molecule has 1 unspecified atom stereocenters. The molecular weight excluding hydrogens is 252 g/mol. The zero-order valence-electron chi connectivity index (χ0n) is 11.6. The van der Waals surface area contributed by atoms with Gasteiger partial charge in [-0.05, 0) is 12.0 Å². The fourth-order valence-corrected chi connectivity index (χ4v) is 1.80. The summed E-state index contributed by atoms with van der Waals surface area (Å²) >= 11 is 0. The van der Waals surface area contributed by atoms with Crippen LogP contribution in [0.3, 0.4) is 0 Å². The summed E-state index contributed by atoms with van der Waals surface area (Å²) in [5, 5.41) is 11.5. The van der Waals surface area contributed by atoms with E-state index in [1.165, 1.54) is 6.08 Å². The van der Waals surface area contributed by atoms with Gasteiger partial charge in [0.25, 0.3) is 0 Å². The summed E-state index contributed by atoms with van der Waals surface area (Å²) in [5.74, 6) is -2.38. The van der Waals surface area contributed by atoms with Gasteiger partial charge in [-0.2, -0.15) is 5.26 Å². The molecule has 4 heteroatoms. The molecule has 1 aromatic carbocycles. The number of hydrogen-bond donors (Lipinski definition) is 1. The molecule has 1 aromatic rings. The van der Waals surface area contributed by atoms with E-state index in [9.17, 15) is 9.59 Å². The summed E-state index contributed by atoms with van der Waals surface area (Å²) in [4.78, 5) is 23.9. The summed E-state index contributed by atoms with van der Waals surface area (Å²) in [7, 11) is 0. The topological polar surface area (TPSA) is 70.0 Å². The Morgan fingerprint density at radius 2 is 2.05 bits per heavy atom. The lowest BCUT2D eigenvalue weighted by Gasteiger charge is -2.08. The molecule has 0 bridgehead atoms. The predicted octanol–water partition coefficient (Wildman–Crippen LogP) is 2.26. The van der Waals surface area contributed by atoms with Crippen LogP contribution in [0, 0.1) is 17.2 Å². The maximum atomic E-state index is 12.1. The van der Waals surface area contributed by atoms with E-state index in [2.05, 4.69) is 18.8 Å². The van der Waals surface area contributed by atoms with E-state index >= 15 is 0 Å². The number of ketones is 1. The molecule has 4 nitrogen and oxygen atoms in total. The van der Waals surface area contributed by atoms with Crippen molar-refractivity contribution in [3.8, 4) is 6.07 Å². The van der Waals surface area contributed by atoms with E-state index in [1.54, 1.807) is 18.2 Å². The Balaban J connectivity index is 2.83. The van der Waals surface area contributed by atoms with Crippen molar-refractivity contribution in [3.05, 3.63) is 48.0 Å². The van der Waals surface area contributed by atoms with E-state index in [0.717, 1.165) is 18.4 Å². The Kier molecular flexibility index (Phi) is 6.18. The van der Waals surface area contributed by atoms with Crippen molar-refractivity contribution in [2.45, 2.75) is 19.8 Å². The molecule has 104 valence electrons. The van der Waals surface area contributed by atoms with Crippen molar-refractivity contribution in [1.82, 2.24) is 5.32 Å². The quantitative estimate of drug-likeness (QED) is 0.469. The molecule has 0 radical (unpaired) electrons. The van der Waals surface area contributed by atoms with Crippen LogP contribution in [0.4, 0.5) is 0 Å². The molecule has 0 saturated carbocycles. The molecule has 1 atom stereocenters. The number of benzene rings is 1. The van der Waals surface area contributed by atoms with Crippen molar-refractivity contribution in [1.29, 1.82) is 5.26 Å². The van der Waals surface area contributed by atoms with Gasteiger partial charge in [0.2, 0.25) is 5.91 Å². The molecule has 1 N–H and O–H groups in total. The fourth-order valence-electron chi connectivity index (χ4n) is 1.80. The Bertz CT molecular complexity index is 526. The summed E-state index contributed by atoms with van der Waals surface area (Å²) in [6, 6.07) is 8.79. The second kappa shape index (κ2) is 7.90. The summed E-state index contributed by atoms with van der Waals surface area (Å²) < 4.78 is 0. The third-order valence-corrected chi connectivity index (χ3v) is 2.85. The third-order valence-electron chi connectivity index (χ3n) is 2.85. The highest BCUT2D eigenvalue weighted by atomic mass is 16.2. The van der Waals surface area contributed by atoms with Crippen molar-refractivity contribution >= 4 is 11.7 Å². The molecule has 1 rings (SSSR count). The Morgan fingerprint density at radius 3 is 2.55 bits per heavy atom. The summed E-state index contributed by atoms with van der Waals surface area (Å²) in [5.41, 5.74) is 1.51. The van der Waals surface area contributed by atoms with Crippen LogP contribution in [0.25, 0.3) is 0 Å². The van der Waals surface area contributed by atoms with E-state index in [1.807, 2.05) is 12.1 Å². The van der Waals surface area contributed by atoms with Gasteiger partial charge in [0.1, 0.15) is 0 Å². The van der Waals surface area contributed by atoms with Crippen LogP contribution in [0.1, 0.15) is 29.3 Å². The molecule has 0 fully saturated rings. The number of nitrogens with zero attached hydrogens (tertiary/aromatic N) is 1. The van der Waals surface area contributed by atoms with E-state index in [4.69, 9.17) is 5.26 Å². The van der Waals surface area contributed by atoms with Gasteiger partial charge >= 0.3 is 0 Å². The van der Waals surface area contributed by atoms with Gasteiger partial charge in [0, 0.05) is 12.1 Å². The number of carbonyl (C=O) groups is 2. The first kappa shape index (κ1) is 15.6. The molecule has 20 heavy (non-hydrogen) atoms. The number of Topliss-reactive ketones (excluding diaryl/α,β-unsaturated/α-hetero) is 1. The van der Waals surface area contributed by atoms with Gasteiger partial charge in [-0.25, -0.2) is 0 Å². The minimum atomic E-state index is -1.31. The molecule has 0 aliphatic rings. The largest absolute Gasteiger partial charge is 0.351 e. The molecule has 0 saturated heterocycles. The first-order valence-corrected chi connectivity index (χ1v) is 6.55. The van der Waals surface area contributed by atoms with Gasteiger partial charge in [-0.15, -0.1) is 6.58 Å². The van der Waals surface area contributed by atoms with E-state index < -0.39 is 17.6 Å². The Morgan fingerprint density at radius 1 is 1.40 bits per heavy atom. The van der Waals surface area contributed by atoms with Crippen LogP contribution < -0.4 is 5.32 Å². The first-order chi connectivity index (χ1) is 9.63. The van der Waals surface area contributed by atoms with E-state index in [-0.39, 0.29) is 6.54 Å². The van der Waals surface area contributed by atoms with Gasteiger partial charge in [-0.3, -0.25) is 9.59 Å². The number of rotatable bonds is 7. The lowest BCUT2D eigenvalue weighted by Crippen LogP contribution is -2.34. The van der Waals surface area contributed by atoms with Crippen LogP contribution in [-0.2, 0) is 11.2 Å². The van der Waals surface area contributed by atoms with Gasteiger partial charge in [0.15, 0.2) is 11.7 Å². The number of nitriles is 1. The lowest BCUT2D eigenvalue weighted by atomic mass is 9.96. The first-order valence-electron chi connectivity index (χ1n) is 6.55. The molecule has 0 spiro atoms. The molecule has 1 amide bonds. The SMILES string of the molecule is C=CCNC(=O)C(C#N)C(=O)c1ccc(CCC)cc1. The molecule has 0 aliphatic carbocycles. The van der Waals surface area contributed by atoms with Crippen molar-refractivity contribution in [3.63, 3.8) is 0 Å². The minimum absolute atomic E-state index is 0.236. The number of carbonyl (C=O) groups excluding carboxylic acids is 2. The van der Waals surface area contributed by atoms with Crippen LogP contribution in [0.2, 0.25) is 0 Å². The van der Waals surface area contributed by atoms with Crippen LogP contribution in [0.15, 0.2) is 36.9 Å². The zero-order chi connectivity index (χ0) is 15.0. The molecule has 0 aromatic heterocycles. The Hall–Kier alpha value is -2.41. The summed E-state index contributed by atoms with van der Waals surface area (Å²) in [6.45, 7) is 5.78. The average Bonchev–Trinajstić information content (AvgIpc) is 2.46. The fraction of sp³-hybridized carbons (Fsp3) is 0.312. The van der Waals surface area contributed by atoms with E-state index in [0.29, 0.717) is 5.56 Å². The molecule has 0 heterocycles. The molecule has 0 aliphatic heterocycles. The minimum Gasteiger partial charge on any atom is -0.351 e. The highest BCUT2D eigenvalue weighted by molar-refractivity contribution is 6.12. The van der Waals surface area contributed by atoms with Crippen molar-refractivity contribution in [2.24, 2.45) is 5.92 Å². The lowest BCUT2D eigenvalue weighted by molar-refractivity contribution is -0.121. The monoisotopic (exact) mass is 270 g/mol. The Labute approximate surface area is 119 Å². The van der Waals surface area contributed by atoms with Gasteiger partial charge in [-0.1, -0.05) is 43.7 Å². The van der Waals surface area contributed by atoms with Gasteiger partial charge in [0.05, 0.1) is 6.07 Å². The van der Waals surface area contributed by atoms with Crippen molar-refractivity contribution < 1.29 is 9.59 Å². The van der Waals surface area contributed by atoms with Gasteiger partial charge < -0.3 is 5.32 Å². The highest BCUT2D eigenvalue weighted by Crippen LogP contribution is 2.12. The molecular formula is C16H18N2O2. The average molecular weight is 270 g/mol. The number of amides is 1. The maximum Gasteiger partial charge on any atom is 0.245 e. The number of nitrogens with one attached hydrogen (secondary N) is 1. The zero-order valence-corrected chi connectivity index (χ0v) is 11.6. The third kappa shape index (κ3) is 4.06. The second-order valence-electron chi connectivity index (χ2n) is 4.41. The smallest absolute Gasteiger partial charge is 0.245 e. The maximum absolute atomic E-state index is 12.1. The highest BCUT2D eigenvalue weighted by Gasteiger charge is 2.26. The standard InChI is InChI=1S/C16H18N2O2/c1-3-5-12-6-8-13(9-7-12)15(19)14(11-17)16(20)18-10-4-2/h4,6-9,14H,2-3,5,10H2,1H3,(H,18,20).